The van der Waals surface area contributed by atoms with Crippen LogP contribution in [0.2, 0.25) is 18.1 Å². The van der Waals surface area contributed by atoms with Crippen molar-refractivity contribution >= 4 is 20.3 Å². The molecule has 0 amide bonds. The van der Waals surface area contributed by atoms with Crippen molar-refractivity contribution in [1.29, 1.82) is 0 Å². The molecular weight excluding hydrogens is 300 g/mol. The van der Waals surface area contributed by atoms with Gasteiger partial charge in [0.15, 0.2) is 27.6 Å². The van der Waals surface area contributed by atoms with Gasteiger partial charge in [0, 0.05) is 0 Å². The van der Waals surface area contributed by atoms with Crippen LogP contribution in [0.5, 0.6) is 0 Å². The van der Waals surface area contributed by atoms with Gasteiger partial charge in [0.1, 0.15) is 0 Å². The largest absolute Gasteiger partial charge is 0.452 e. The zero-order valence-corrected chi connectivity index (χ0v) is 14.5. The molecule has 0 heterocycles. The monoisotopic (exact) mass is 324 g/mol. The van der Waals surface area contributed by atoms with Gasteiger partial charge in [-0.3, -0.25) is 4.79 Å². The Kier molecular flexibility index (Phi) is 10.0. The number of rotatable bonds is 10. The van der Waals surface area contributed by atoms with Gasteiger partial charge in [-0.15, -0.1) is 12.8 Å². The highest BCUT2D eigenvalue weighted by atomic mass is 28.4. The maximum absolute atomic E-state index is 12.1. The lowest BCUT2D eigenvalue weighted by Gasteiger charge is -2.31. The van der Waals surface area contributed by atoms with E-state index in [4.69, 9.17) is 26.7 Å². The molecule has 1 unspecified atom stereocenters. The summed E-state index contributed by atoms with van der Waals surface area (Å²) in [4.78, 5) is 23.8. The Morgan fingerprint density at radius 2 is 1.50 bits per heavy atom. The van der Waals surface area contributed by atoms with Crippen LogP contribution >= 0.6 is 0 Å². The minimum absolute atomic E-state index is 0.136. The third kappa shape index (κ3) is 6.80. The Bertz CT molecular complexity index is 434. The first kappa shape index (κ1) is 20.2. The molecule has 5 nitrogen and oxygen atoms in total. The quantitative estimate of drug-likeness (QED) is 0.350. The summed E-state index contributed by atoms with van der Waals surface area (Å²) in [5.41, 5.74) is 0. The minimum atomic E-state index is -2.08. The van der Waals surface area contributed by atoms with Crippen molar-refractivity contribution in [1.82, 2.24) is 0 Å². The molecule has 0 N–H and O–H groups in total. The van der Waals surface area contributed by atoms with Crippen LogP contribution in [-0.4, -0.2) is 39.6 Å². The van der Waals surface area contributed by atoms with Crippen LogP contribution in [-0.2, 0) is 23.5 Å². The van der Waals surface area contributed by atoms with Gasteiger partial charge in [0.25, 0.3) is 0 Å². The first-order valence-electron chi connectivity index (χ1n) is 7.35. The third-order valence-electron chi connectivity index (χ3n) is 3.55. The highest BCUT2D eigenvalue weighted by Gasteiger charge is 2.36. The van der Waals surface area contributed by atoms with Gasteiger partial charge in [0.2, 0.25) is 0 Å². The predicted octanol–water partition coefficient (Wildman–Crippen LogP) is 2.12. The second kappa shape index (κ2) is 10.9. The summed E-state index contributed by atoms with van der Waals surface area (Å²) >= 11 is 0. The average Bonchev–Trinajstić information content (AvgIpc) is 2.54. The number of hydrogen-bond acceptors (Lipinski definition) is 5. The highest BCUT2D eigenvalue weighted by molar-refractivity contribution is 6.73. The molecule has 0 aliphatic heterocycles. The van der Waals surface area contributed by atoms with E-state index in [-0.39, 0.29) is 19.6 Å². The standard InChI is InChI=1S/C16H24O5Si/c1-6-11-19-15(17)13-14(16(18)20-12-7-2)21-22(8-3,9-4)10-5/h1-2,14H,8-13H2,3-5H3. The minimum Gasteiger partial charge on any atom is -0.452 e. The number of hydrogen-bond donors (Lipinski definition) is 0. The molecule has 6 heteroatoms. The fourth-order valence-corrected chi connectivity index (χ4v) is 4.80. The van der Waals surface area contributed by atoms with E-state index in [1.807, 2.05) is 20.8 Å². The summed E-state index contributed by atoms with van der Waals surface area (Å²) in [6.07, 6.45) is 8.89. The van der Waals surface area contributed by atoms with Crippen molar-refractivity contribution in [3.05, 3.63) is 0 Å². The topological polar surface area (TPSA) is 61.8 Å². The zero-order chi connectivity index (χ0) is 17.0. The van der Waals surface area contributed by atoms with Gasteiger partial charge in [-0.2, -0.15) is 0 Å². The van der Waals surface area contributed by atoms with Gasteiger partial charge < -0.3 is 13.9 Å². The van der Waals surface area contributed by atoms with E-state index in [0.29, 0.717) is 0 Å². The molecule has 0 fully saturated rings. The fourth-order valence-electron chi connectivity index (χ4n) is 2.01. The van der Waals surface area contributed by atoms with Crippen LogP contribution < -0.4 is 0 Å². The fraction of sp³-hybridized carbons (Fsp3) is 0.625. The SMILES string of the molecule is C#CCOC(=O)CC(O[Si](CC)(CC)CC)C(=O)OCC#C. The molecule has 0 radical (unpaired) electrons. The first-order chi connectivity index (χ1) is 10.5. The van der Waals surface area contributed by atoms with Crippen LogP contribution in [0.1, 0.15) is 27.2 Å². The van der Waals surface area contributed by atoms with E-state index in [1.54, 1.807) is 0 Å². The number of carbonyl (C=O) groups is 2. The molecule has 0 aromatic heterocycles. The molecular formula is C16H24O5Si. The maximum atomic E-state index is 12.1. The van der Waals surface area contributed by atoms with Gasteiger partial charge in [-0.05, 0) is 18.1 Å². The molecule has 22 heavy (non-hydrogen) atoms. The number of ether oxygens (including phenoxy) is 2. The van der Waals surface area contributed by atoms with Gasteiger partial charge in [0.05, 0.1) is 6.42 Å². The lowest BCUT2D eigenvalue weighted by molar-refractivity contribution is -0.157. The van der Waals surface area contributed by atoms with Crippen molar-refractivity contribution in [2.24, 2.45) is 0 Å². The Morgan fingerprint density at radius 1 is 1.00 bits per heavy atom. The predicted molar refractivity (Wildman–Crippen MR) is 86.3 cm³/mol. The van der Waals surface area contributed by atoms with E-state index in [2.05, 4.69) is 11.8 Å². The molecule has 0 aromatic carbocycles. The normalized spacial score (nSPS) is 11.9. The summed E-state index contributed by atoms with van der Waals surface area (Å²) in [7, 11) is -2.08. The number of terminal acetylenes is 2. The molecule has 0 bridgehead atoms. The van der Waals surface area contributed by atoms with E-state index < -0.39 is 26.4 Å². The third-order valence-corrected chi connectivity index (χ3v) is 8.21. The molecule has 0 aromatic rings. The van der Waals surface area contributed by atoms with E-state index >= 15 is 0 Å². The van der Waals surface area contributed by atoms with E-state index in [1.165, 1.54) is 0 Å². The van der Waals surface area contributed by atoms with Crippen LogP contribution in [0.15, 0.2) is 0 Å². The molecule has 122 valence electrons. The number of esters is 2. The lowest BCUT2D eigenvalue weighted by atomic mass is 10.2. The lowest BCUT2D eigenvalue weighted by Crippen LogP contribution is -2.44. The second-order valence-electron chi connectivity index (χ2n) is 4.73. The van der Waals surface area contributed by atoms with Gasteiger partial charge in [-0.1, -0.05) is 32.6 Å². The van der Waals surface area contributed by atoms with Crippen LogP contribution in [0, 0.1) is 24.7 Å². The van der Waals surface area contributed by atoms with Crippen molar-refractivity contribution in [3.8, 4) is 24.7 Å². The van der Waals surface area contributed by atoms with Gasteiger partial charge in [-0.25, -0.2) is 4.79 Å². The molecule has 0 saturated heterocycles. The molecule has 0 aliphatic carbocycles. The molecule has 0 spiro atoms. The van der Waals surface area contributed by atoms with Crippen LogP contribution in [0.4, 0.5) is 0 Å². The van der Waals surface area contributed by atoms with Crippen molar-refractivity contribution in [2.75, 3.05) is 13.2 Å². The average molecular weight is 324 g/mol. The Labute approximate surface area is 133 Å². The van der Waals surface area contributed by atoms with Gasteiger partial charge >= 0.3 is 11.9 Å². The van der Waals surface area contributed by atoms with E-state index in [0.717, 1.165) is 18.1 Å². The Hall–Kier alpha value is -1.76. The molecule has 0 rings (SSSR count). The van der Waals surface area contributed by atoms with Crippen molar-refractivity contribution in [2.45, 2.75) is 51.4 Å². The molecule has 0 saturated carbocycles. The van der Waals surface area contributed by atoms with Crippen LogP contribution in [0.3, 0.4) is 0 Å². The summed E-state index contributed by atoms with van der Waals surface area (Å²) in [5.74, 6) is 3.19. The first-order valence-corrected chi connectivity index (χ1v) is 9.88. The van der Waals surface area contributed by atoms with Crippen molar-refractivity contribution in [3.63, 3.8) is 0 Å². The summed E-state index contributed by atoms with van der Waals surface area (Å²) in [5, 5.41) is 0. The van der Waals surface area contributed by atoms with Crippen LogP contribution in [0.25, 0.3) is 0 Å². The van der Waals surface area contributed by atoms with Crippen molar-refractivity contribution < 1.29 is 23.5 Å². The Balaban J connectivity index is 5.00. The molecule has 1 atom stereocenters. The summed E-state index contributed by atoms with van der Waals surface area (Å²) < 4.78 is 15.8. The summed E-state index contributed by atoms with van der Waals surface area (Å²) in [6.45, 7) is 5.79. The summed E-state index contributed by atoms with van der Waals surface area (Å²) in [6, 6.07) is 2.54. The smallest absolute Gasteiger partial charge is 0.335 e. The zero-order valence-electron chi connectivity index (χ0n) is 13.5. The Morgan fingerprint density at radius 3 is 1.95 bits per heavy atom. The second-order valence-corrected chi connectivity index (χ2v) is 9.45. The van der Waals surface area contributed by atoms with E-state index in [9.17, 15) is 9.59 Å². The molecule has 0 aliphatic rings. The maximum Gasteiger partial charge on any atom is 0.335 e. The highest BCUT2D eigenvalue weighted by Crippen LogP contribution is 2.25. The number of carbonyl (C=O) groups excluding carboxylic acids is 2.